The van der Waals surface area contributed by atoms with Gasteiger partial charge in [0.05, 0.1) is 22.3 Å². The van der Waals surface area contributed by atoms with Gasteiger partial charge in [0, 0.05) is 7.05 Å². The lowest BCUT2D eigenvalue weighted by atomic mass is 10.1. The molecule has 10 heteroatoms. The largest absolute Gasteiger partial charge is 0.279 e. The van der Waals surface area contributed by atoms with Crippen LogP contribution in [0, 0.1) is 0 Å². The lowest BCUT2D eigenvalue weighted by molar-refractivity contribution is 0.753. The number of hydrogen-bond donors (Lipinski definition) is 0. The van der Waals surface area contributed by atoms with Crippen molar-refractivity contribution in [3.63, 3.8) is 0 Å². The second kappa shape index (κ2) is 8.54. The zero-order valence-corrected chi connectivity index (χ0v) is 18.7. The molecule has 5 rings (SSSR count). The van der Waals surface area contributed by atoms with E-state index in [0.29, 0.717) is 22.1 Å². The predicted octanol–water partition coefficient (Wildman–Crippen LogP) is 3.19. The molecule has 3 aromatic heterocycles. The first-order chi connectivity index (χ1) is 15.7. The number of para-hydroxylation sites is 1. The Balaban J connectivity index is 1.44. The van der Waals surface area contributed by atoms with Crippen LogP contribution in [-0.4, -0.2) is 39.4 Å². The maximum atomic E-state index is 12.6. The topological polar surface area (TPSA) is 95.8 Å². The maximum Gasteiger partial charge on any atom is 0.262 e. The average Bonchev–Trinajstić information content (AvgIpc) is 3.47. The summed E-state index contributed by atoms with van der Waals surface area (Å²) in [5.74, 6) is 1.73. The number of fused-ring (bicyclic) bond motifs is 3. The first-order valence-corrected chi connectivity index (χ1v) is 11.5. The van der Waals surface area contributed by atoms with Crippen molar-refractivity contribution in [2.24, 2.45) is 7.05 Å². The quantitative estimate of drug-likeness (QED) is 0.354. The summed E-state index contributed by atoms with van der Waals surface area (Å²) in [4.78, 5) is 12.6. The van der Waals surface area contributed by atoms with E-state index >= 15 is 0 Å². The van der Waals surface area contributed by atoms with E-state index < -0.39 is 0 Å². The number of rotatable bonds is 7. The van der Waals surface area contributed by atoms with E-state index in [1.807, 2.05) is 40.8 Å². The normalized spacial score (nSPS) is 11.6. The fourth-order valence-electron chi connectivity index (χ4n) is 3.73. The van der Waals surface area contributed by atoms with Gasteiger partial charge in [0.1, 0.15) is 5.82 Å². The number of aromatic nitrogens is 8. The zero-order chi connectivity index (χ0) is 22.1. The minimum atomic E-state index is -0.0916. The molecule has 9 nitrogen and oxygen atoms in total. The molecule has 0 aliphatic heterocycles. The number of unbranched alkanes of at least 4 members (excludes halogenated alkanes) is 1. The van der Waals surface area contributed by atoms with Crippen LogP contribution >= 0.6 is 11.8 Å². The van der Waals surface area contributed by atoms with Crippen LogP contribution in [0.15, 0.2) is 58.5 Å². The number of tetrazole rings is 1. The summed E-state index contributed by atoms with van der Waals surface area (Å²) in [6.45, 7) is 2.19. The van der Waals surface area contributed by atoms with Gasteiger partial charge >= 0.3 is 0 Å². The SMILES string of the molecule is CCCCc1ccc(-n2nnnc2SCc2nnc3n(C)c(=O)c4ccccc4n23)cc1. The Morgan fingerprint density at radius 2 is 1.81 bits per heavy atom. The molecule has 0 atom stereocenters. The summed E-state index contributed by atoms with van der Waals surface area (Å²) in [5.41, 5.74) is 2.92. The number of benzene rings is 2. The van der Waals surface area contributed by atoms with Crippen LogP contribution in [0.4, 0.5) is 0 Å². The molecule has 0 bridgehead atoms. The zero-order valence-electron chi connectivity index (χ0n) is 17.8. The minimum absolute atomic E-state index is 0.0916. The summed E-state index contributed by atoms with van der Waals surface area (Å²) in [5, 5.41) is 22.1. The van der Waals surface area contributed by atoms with Crippen molar-refractivity contribution in [3.8, 4) is 5.69 Å². The van der Waals surface area contributed by atoms with E-state index in [4.69, 9.17) is 0 Å². The molecule has 5 aromatic rings. The molecule has 0 spiro atoms. The van der Waals surface area contributed by atoms with E-state index in [-0.39, 0.29) is 5.56 Å². The molecule has 0 unspecified atom stereocenters. The highest BCUT2D eigenvalue weighted by Crippen LogP contribution is 2.24. The Labute approximate surface area is 188 Å². The first kappa shape index (κ1) is 20.4. The molecule has 0 amide bonds. The van der Waals surface area contributed by atoms with Gasteiger partial charge in [0.25, 0.3) is 5.56 Å². The van der Waals surface area contributed by atoms with Gasteiger partial charge in [-0.05, 0) is 53.1 Å². The highest BCUT2D eigenvalue weighted by Gasteiger charge is 2.16. The second-order valence-electron chi connectivity index (χ2n) is 7.56. The Kier molecular flexibility index (Phi) is 5.44. The van der Waals surface area contributed by atoms with Crippen molar-refractivity contribution in [3.05, 3.63) is 70.3 Å². The smallest absolute Gasteiger partial charge is 0.262 e. The molecule has 0 aliphatic rings. The van der Waals surface area contributed by atoms with Crippen molar-refractivity contribution in [1.29, 1.82) is 0 Å². The molecule has 32 heavy (non-hydrogen) atoms. The summed E-state index contributed by atoms with van der Waals surface area (Å²) in [6.07, 6.45) is 3.43. The number of aryl methyl sites for hydroxylation is 2. The standard InChI is InChI=1S/C22H22N8OS/c1-3-4-7-15-10-12-16(13-11-15)30-22(25-26-27-30)32-14-19-23-24-21-28(2)20(31)17-8-5-6-9-18(17)29(19)21/h5-6,8-13H,3-4,7,14H2,1-2H3. The third-order valence-corrected chi connectivity index (χ3v) is 6.38. The minimum Gasteiger partial charge on any atom is -0.279 e. The van der Waals surface area contributed by atoms with Gasteiger partial charge < -0.3 is 0 Å². The van der Waals surface area contributed by atoms with Crippen LogP contribution in [-0.2, 0) is 19.2 Å². The lowest BCUT2D eigenvalue weighted by Crippen LogP contribution is -2.20. The van der Waals surface area contributed by atoms with E-state index in [9.17, 15) is 4.79 Å². The predicted molar refractivity (Wildman–Crippen MR) is 123 cm³/mol. The molecule has 0 saturated carbocycles. The molecule has 3 heterocycles. The van der Waals surface area contributed by atoms with Crippen molar-refractivity contribution in [2.45, 2.75) is 37.1 Å². The third kappa shape index (κ3) is 3.56. The van der Waals surface area contributed by atoms with E-state index in [2.05, 4.69) is 44.8 Å². The fourth-order valence-corrected chi connectivity index (χ4v) is 4.53. The lowest BCUT2D eigenvalue weighted by Gasteiger charge is -2.08. The van der Waals surface area contributed by atoms with Crippen LogP contribution in [0.1, 0.15) is 31.2 Å². The molecule has 0 N–H and O–H groups in total. The molecule has 162 valence electrons. The monoisotopic (exact) mass is 446 g/mol. The molecule has 0 saturated heterocycles. The van der Waals surface area contributed by atoms with Crippen molar-refractivity contribution < 1.29 is 0 Å². The summed E-state index contributed by atoms with van der Waals surface area (Å²) < 4.78 is 5.17. The van der Waals surface area contributed by atoms with Crippen molar-refractivity contribution in [1.82, 2.24) is 39.4 Å². The Bertz CT molecular complexity index is 1450. The first-order valence-electron chi connectivity index (χ1n) is 10.5. The summed E-state index contributed by atoms with van der Waals surface area (Å²) in [6, 6.07) is 15.8. The number of thioether (sulfide) groups is 1. The van der Waals surface area contributed by atoms with E-state index in [0.717, 1.165) is 23.4 Å². The molecule has 0 radical (unpaired) electrons. The molecule has 0 aliphatic carbocycles. The Morgan fingerprint density at radius 1 is 1.00 bits per heavy atom. The van der Waals surface area contributed by atoms with Gasteiger partial charge in [0.2, 0.25) is 10.9 Å². The van der Waals surface area contributed by atoms with Crippen LogP contribution in [0.5, 0.6) is 0 Å². The van der Waals surface area contributed by atoms with Gasteiger partial charge in [-0.15, -0.1) is 15.3 Å². The van der Waals surface area contributed by atoms with E-state index in [1.165, 1.54) is 34.7 Å². The van der Waals surface area contributed by atoms with Crippen molar-refractivity contribution >= 4 is 28.4 Å². The number of hydrogen-bond acceptors (Lipinski definition) is 7. The number of nitrogens with zero attached hydrogens (tertiary/aromatic N) is 8. The van der Waals surface area contributed by atoms with Crippen molar-refractivity contribution in [2.75, 3.05) is 0 Å². The van der Waals surface area contributed by atoms with Gasteiger partial charge in [-0.25, -0.2) is 0 Å². The molecular formula is C22H22N8OS. The Hall–Kier alpha value is -3.53. The van der Waals surface area contributed by atoms with Gasteiger partial charge in [-0.2, -0.15) is 4.68 Å². The summed E-state index contributed by atoms with van der Waals surface area (Å²) >= 11 is 1.47. The van der Waals surface area contributed by atoms with Gasteiger partial charge in [-0.1, -0.05) is 49.4 Å². The van der Waals surface area contributed by atoms with Gasteiger partial charge in [0.15, 0.2) is 0 Å². The van der Waals surface area contributed by atoms with Crippen LogP contribution in [0.25, 0.3) is 22.4 Å². The highest BCUT2D eigenvalue weighted by atomic mass is 32.2. The fraction of sp³-hybridized carbons (Fsp3) is 0.273. The third-order valence-electron chi connectivity index (χ3n) is 5.46. The summed E-state index contributed by atoms with van der Waals surface area (Å²) in [7, 11) is 1.71. The molecule has 0 fully saturated rings. The average molecular weight is 447 g/mol. The second-order valence-corrected chi connectivity index (χ2v) is 8.51. The van der Waals surface area contributed by atoms with Crippen LogP contribution in [0.2, 0.25) is 0 Å². The van der Waals surface area contributed by atoms with Crippen LogP contribution in [0.3, 0.4) is 0 Å². The van der Waals surface area contributed by atoms with Gasteiger partial charge in [-0.3, -0.25) is 13.8 Å². The molecule has 2 aromatic carbocycles. The van der Waals surface area contributed by atoms with Crippen LogP contribution < -0.4 is 5.56 Å². The Morgan fingerprint density at radius 3 is 2.62 bits per heavy atom. The highest BCUT2D eigenvalue weighted by molar-refractivity contribution is 7.98. The maximum absolute atomic E-state index is 12.6. The van der Waals surface area contributed by atoms with E-state index in [1.54, 1.807) is 11.7 Å². The molecular weight excluding hydrogens is 424 g/mol.